The molecular weight excluding hydrogens is 610 g/mol. The van der Waals surface area contributed by atoms with Gasteiger partial charge in [0.2, 0.25) is 0 Å². The minimum absolute atomic E-state index is 0.0351. The second kappa shape index (κ2) is 12.0. The molecule has 4 saturated carbocycles. The van der Waals surface area contributed by atoms with Crippen molar-refractivity contribution in [2.24, 2.45) is 45.3 Å². The third-order valence-electron chi connectivity index (χ3n) is 15.3. The Labute approximate surface area is 287 Å². The number of amides is 1. The van der Waals surface area contributed by atoms with Crippen molar-refractivity contribution < 1.29 is 38.7 Å². The normalized spacial score (nSPS) is 46.5. The largest absolute Gasteiger partial charge is 0.459 e. The van der Waals surface area contributed by atoms with Crippen LogP contribution >= 0.6 is 0 Å². The molecule has 6 aliphatic rings. The van der Waals surface area contributed by atoms with E-state index in [1.54, 1.807) is 30.9 Å². The average molecular weight is 672 g/mol. The molecule has 4 aliphatic carbocycles. The van der Waals surface area contributed by atoms with Crippen LogP contribution in [0.2, 0.25) is 0 Å². The number of nitrogens with zero attached hydrogens (tertiary/aromatic N) is 1. The van der Waals surface area contributed by atoms with E-state index in [1.807, 2.05) is 0 Å². The highest BCUT2D eigenvalue weighted by Gasteiger charge is 2.71. The Morgan fingerprint density at radius 3 is 2.60 bits per heavy atom. The lowest BCUT2D eigenvalue weighted by Crippen LogP contribution is -2.60. The first-order chi connectivity index (χ1) is 22.5. The van der Waals surface area contributed by atoms with Gasteiger partial charge in [0.15, 0.2) is 12.1 Å². The molecule has 1 aromatic heterocycles. The molecule has 1 spiro atoms. The second-order valence-corrected chi connectivity index (χ2v) is 18.4. The Morgan fingerprint density at radius 1 is 1.12 bits per heavy atom. The summed E-state index contributed by atoms with van der Waals surface area (Å²) in [6, 6.07) is 3.44. The van der Waals surface area contributed by atoms with E-state index >= 15 is 0 Å². The van der Waals surface area contributed by atoms with Gasteiger partial charge < -0.3 is 38.8 Å². The van der Waals surface area contributed by atoms with E-state index in [0.717, 1.165) is 44.9 Å². The van der Waals surface area contributed by atoms with E-state index < -0.39 is 30.2 Å². The SMILES string of the molecule is CC1CC(C(O)C(C)(C)O)OC2C1C1(C)CCCC34CCC(OC5CN(C(=O)c6ccco6)CCO5)C(C)(C)C3CCC(C4)C1(C)C2O. The molecule has 0 radical (unpaired) electrons. The molecule has 9 nitrogen and oxygen atoms in total. The maximum absolute atomic E-state index is 13.0. The van der Waals surface area contributed by atoms with Crippen molar-refractivity contribution in [1.82, 2.24) is 4.90 Å². The van der Waals surface area contributed by atoms with Crippen LogP contribution in [0.4, 0.5) is 0 Å². The highest BCUT2D eigenvalue weighted by atomic mass is 16.7. The van der Waals surface area contributed by atoms with Gasteiger partial charge in [0.1, 0.15) is 6.10 Å². The zero-order chi connectivity index (χ0) is 34.4. The summed E-state index contributed by atoms with van der Waals surface area (Å²) < 4.78 is 24.9. The summed E-state index contributed by atoms with van der Waals surface area (Å²) in [6.07, 6.45) is 8.10. The number of fused-ring (bicyclic) bond motifs is 5. The number of aliphatic hydroxyl groups excluding tert-OH is 2. The van der Waals surface area contributed by atoms with E-state index in [2.05, 4.69) is 34.6 Å². The van der Waals surface area contributed by atoms with Crippen molar-refractivity contribution in [2.45, 2.75) is 149 Å². The van der Waals surface area contributed by atoms with Gasteiger partial charge in [0.05, 0.1) is 49.4 Å². The topological polar surface area (TPSA) is 122 Å². The van der Waals surface area contributed by atoms with Crippen LogP contribution in [0.25, 0.3) is 0 Å². The fourth-order valence-corrected chi connectivity index (χ4v) is 12.7. The number of hydrogen-bond acceptors (Lipinski definition) is 8. The number of carbonyl (C=O) groups is 1. The molecule has 9 heteroatoms. The van der Waals surface area contributed by atoms with E-state index in [9.17, 15) is 20.1 Å². The molecule has 1 amide bonds. The highest BCUT2D eigenvalue weighted by molar-refractivity contribution is 5.91. The number of aliphatic hydroxyl groups is 3. The molecule has 3 N–H and O–H groups in total. The van der Waals surface area contributed by atoms with Crippen LogP contribution in [0.5, 0.6) is 0 Å². The van der Waals surface area contributed by atoms with Crippen molar-refractivity contribution in [3.8, 4) is 0 Å². The summed E-state index contributed by atoms with van der Waals surface area (Å²) in [7, 11) is 0. The fourth-order valence-electron chi connectivity index (χ4n) is 12.7. The molecule has 7 rings (SSSR count). The lowest BCUT2D eigenvalue weighted by atomic mass is 9.41. The van der Waals surface area contributed by atoms with E-state index in [1.165, 1.54) is 12.7 Å². The Hall–Kier alpha value is -1.49. The fraction of sp³-hybridized carbons (Fsp3) is 0.872. The molecule has 0 aromatic carbocycles. The molecule has 1 aromatic rings. The monoisotopic (exact) mass is 671 g/mol. The van der Waals surface area contributed by atoms with Gasteiger partial charge in [0.25, 0.3) is 5.91 Å². The lowest BCUT2D eigenvalue weighted by Gasteiger charge is -2.64. The van der Waals surface area contributed by atoms with Gasteiger partial charge in [-0.2, -0.15) is 0 Å². The first-order valence-electron chi connectivity index (χ1n) is 18.9. The Balaban J connectivity index is 1.09. The van der Waals surface area contributed by atoms with Crippen molar-refractivity contribution in [1.29, 1.82) is 0 Å². The minimum atomic E-state index is -1.27. The summed E-state index contributed by atoms with van der Waals surface area (Å²) in [6.45, 7) is 16.5. The second-order valence-electron chi connectivity index (χ2n) is 18.4. The molecule has 2 saturated heterocycles. The third kappa shape index (κ3) is 5.26. The number of carbonyl (C=O) groups excluding carboxylic acids is 1. The number of ether oxygens (including phenoxy) is 3. The van der Waals surface area contributed by atoms with E-state index in [4.69, 9.17) is 18.6 Å². The van der Waals surface area contributed by atoms with Gasteiger partial charge in [-0.3, -0.25) is 4.79 Å². The summed E-state index contributed by atoms with van der Waals surface area (Å²) in [5.74, 6) is 1.59. The van der Waals surface area contributed by atoms with Gasteiger partial charge in [-0.1, -0.05) is 41.0 Å². The maximum atomic E-state index is 13.0. The number of hydrogen-bond donors (Lipinski definition) is 3. The highest BCUT2D eigenvalue weighted by Crippen LogP contribution is 2.73. The predicted molar refractivity (Wildman–Crippen MR) is 180 cm³/mol. The molecule has 270 valence electrons. The summed E-state index contributed by atoms with van der Waals surface area (Å²) in [4.78, 5) is 14.8. The van der Waals surface area contributed by atoms with Crippen LogP contribution < -0.4 is 0 Å². The first-order valence-corrected chi connectivity index (χ1v) is 18.9. The molecule has 2 bridgehead atoms. The summed E-state index contributed by atoms with van der Waals surface area (Å²) >= 11 is 0. The van der Waals surface area contributed by atoms with Gasteiger partial charge in [0, 0.05) is 12.0 Å². The van der Waals surface area contributed by atoms with Crippen molar-refractivity contribution >= 4 is 5.91 Å². The van der Waals surface area contributed by atoms with Crippen LogP contribution in [0, 0.1) is 45.3 Å². The Kier molecular flexibility index (Phi) is 8.77. The molecule has 2 aliphatic heterocycles. The van der Waals surface area contributed by atoms with Gasteiger partial charge in [-0.15, -0.1) is 0 Å². The van der Waals surface area contributed by atoms with Crippen LogP contribution in [0.15, 0.2) is 22.8 Å². The predicted octanol–water partition coefficient (Wildman–Crippen LogP) is 5.80. The van der Waals surface area contributed by atoms with Crippen molar-refractivity contribution in [2.75, 3.05) is 19.7 Å². The molecule has 13 atom stereocenters. The molecule has 48 heavy (non-hydrogen) atoms. The van der Waals surface area contributed by atoms with Crippen molar-refractivity contribution in [3.05, 3.63) is 24.2 Å². The molecule has 6 fully saturated rings. The quantitative estimate of drug-likeness (QED) is 0.359. The average Bonchev–Trinajstić information content (AvgIpc) is 3.63. The van der Waals surface area contributed by atoms with Gasteiger partial charge >= 0.3 is 0 Å². The zero-order valence-corrected chi connectivity index (χ0v) is 30.3. The first kappa shape index (κ1) is 34.9. The standard InChI is InChI=1S/C39H61NO8/c1-23-20-26(32(41)36(4,5)44)47-31-30(23)37(6)14-9-15-39-16-13-28(35(2,3)27(39)12-11-24(21-39)38(37,7)33(31)42)48-29-22-40(17-19-46-29)34(43)25-10-8-18-45-25/h8,10,18,23-24,26-33,41-42,44H,9,11-17,19-22H2,1-7H3. The van der Waals surface area contributed by atoms with Crippen LogP contribution in [-0.4, -0.2) is 88.2 Å². The number of morpholine rings is 1. The maximum Gasteiger partial charge on any atom is 0.289 e. The Bertz CT molecular complexity index is 1330. The number of rotatable bonds is 5. The van der Waals surface area contributed by atoms with Gasteiger partial charge in [-0.25, -0.2) is 0 Å². The summed E-state index contributed by atoms with van der Waals surface area (Å²) in [5, 5.41) is 34.1. The molecule has 3 heterocycles. The van der Waals surface area contributed by atoms with Crippen LogP contribution in [0.3, 0.4) is 0 Å². The minimum Gasteiger partial charge on any atom is -0.459 e. The van der Waals surface area contributed by atoms with E-state index in [-0.39, 0.29) is 51.6 Å². The smallest absolute Gasteiger partial charge is 0.289 e. The van der Waals surface area contributed by atoms with Crippen LogP contribution in [-0.2, 0) is 14.2 Å². The molecule has 13 unspecified atom stereocenters. The summed E-state index contributed by atoms with van der Waals surface area (Å²) in [5.41, 5.74) is -1.51. The van der Waals surface area contributed by atoms with Gasteiger partial charge in [-0.05, 0) is 117 Å². The lowest BCUT2D eigenvalue weighted by molar-refractivity contribution is -0.251. The number of furan rings is 1. The molecular formula is C39H61NO8. The zero-order valence-electron chi connectivity index (χ0n) is 30.3. The van der Waals surface area contributed by atoms with Crippen molar-refractivity contribution in [3.63, 3.8) is 0 Å². The Morgan fingerprint density at radius 2 is 1.90 bits per heavy atom. The van der Waals surface area contributed by atoms with Crippen LogP contribution in [0.1, 0.15) is 117 Å². The van der Waals surface area contributed by atoms with E-state index in [0.29, 0.717) is 43.7 Å². The third-order valence-corrected chi connectivity index (χ3v) is 15.3.